The molecular formula is C12H12ClF4N3O3. The lowest BCUT2D eigenvalue weighted by Gasteiger charge is -2.10. The Balaban J connectivity index is 0.000000322. The molecule has 11 heteroatoms. The largest absolute Gasteiger partial charge is 0.490 e. The zero-order valence-electron chi connectivity index (χ0n) is 11.4. The average Bonchev–Trinajstić information content (AvgIpc) is 3.25. The van der Waals surface area contributed by atoms with Crippen molar-refractivity contribution in [2.75, 3.05) is 5.32 Å². The zero-order chi connectivity index (χ0) is 17.8. The third kappa shape index (κ3) is 6.37. The van der Waals surface area contributed by atoms with Gasteiger partial charge in [0.1, 0.15) is 0 Å². The van der Waals surface area contributed by atoms with E-state index < -0.39 is 29.9 Å². The summed E-state index contributed by atoms with van der Waals surface area (Å²) in [5, 5.41) is 9.66. The van der Waals surface area contributed by atoms with Gasteiger partial charge in [0.2, 0.25) is 5.91 Å². The number of alkyl halides is 3. The Kier molecular flexibility index (Phi) is 6.28. The minimum Gasteiger partial charge on any atom is -0.475 e. The van der Waals surface area contributed by atoms with Crippen molar-refractivity contribution >= 4 is 29.3 Å². The summed E-state index contributed by atoms with van der Waals surface area (Å²) in [5.41, 5.74) is 5.66. The quantitative estimate of drug-likeness (QED) is 0.719. The predicted octanol–water partition coefficient (Wildman–Crippen LogP) is 2.18. The highest BCUT2D eigenvalue weighted by Gasteiger charge is 2.38. The second-order valence-corrected chi connectivity index (χ2v) is 5.08. The van der Waals surface area contributed by atoms with E-state index in [4.69, 9.17) is 27.2 Å². The second-order valence-electron chi connectivity index (χ2n) is 4.64. The van der Waals surface area contributed by atoms with Crippen LogP contribution >= 0.6 is 11.6 Å². The molecule has 1 saturated carbocycles. The van der Waals surface area contributed by atoms with E-state index in [1.54, 1.807) is 0 Å². The minimum absolute atomic E-state index is 0.134. The van der Waals surface area contributed by atoms with Gasteiger partial charge in [-0.2, -0.15) is 13.2 Å². The lowest BCUT2D eigenvalue weighted by molar-refractivity contribution is -0.192. The van der Waals surface area contributed by atoms with Crippen LogP contribution < -0.4 is 11.1 Å². The van der Waals surface area contributed by atoms with E-state index in [9.17, 15) is 22.4 Å². The summed E-state index contributed by atoms with van der Waals surface area (Å²) in [5.74, 6) is -3.74. The van der Waals surface area contributed by atoms with Crippen LogP contribution in [0.25, 0.3) is 0 Å². The lowest BCUT2D eigenvalue weighted by Crippen LogP contribution is -2.37. The number of nitrogens with zero attached hydrogens (tertiary/aromatic N) is 1. The lowest BCUT2D eigenvalue weighted by atomic mass is 10.2. The number of carbonyl (C=O) groups excluding carboxylic acids is 1. The number of rotatable bonds is 3. The van der Waals surface area contributed by atoms with Gasteiger partial charge in [-0.25, -0.2) is 14.2 Å². The molecule has 0 saturated heterocycles. The van der Waals surface area contributed by atoms with Gasteiger partial charge in [0, 0.05) is 6.20 Å². The number of aromatic nitrogens is 1. The summed E-state index contributed by atoms with van der Waals surface area (Å²) >= 11 is 5.54. The van der Waals surface area contributed by atoms with Crippen molar-refractivity contribution in [2.45, 2.75) is 25.1 Å². The van der Waals surface area contributed by atoms with Crippen LogP contribution in [0.1, 0.15) is 12.8 Å². The molecular weight excluding hydrogens is 346 g/mol. The van der Waals surface area contributed by atoms with Crippen molar-refractivity contribution in [3.8, 4) is 0 Å². The highest BCUT2D eigenvalue weighted by atomic mass is 35.5. The molecule has 128 valence electrons. The Morgan fingerprint density at radius 3 is 2.35 bits per heavy atom. The first kappa shape index (κ1) is 19.1. The Hall–Kier alpha value is -1.94. The Labute approximate surface area is 132 Å². The molecule has 1 unspecified atom stereocenters. The monoisotopic (exact) mass is 357 g/mol. The van der Waals surface area contributed by atoms with Gasteiger partial charge < -0.3 is 16.2 Å². The van der Waals surface area contributed by atoms with Crippen LogP contribution in [-0.4, -0.2) is 34.2 Å². The number of carboxylic acid groups (broad SMARTS) is 1. The van der Waals surface area contributed by atoms with Crippen LogP contribution in [0.5, 0.6) is 0 Å². The van der Waals surface area contributed by atoms with E-state index in [0.29, 0.717) is 0 Å². The fraction of sp³-hybridized carbons (Fsp3) is 0.417. The molecule has 4 N–H and O–H groups in total. The summed E-state index contributed by atoms with van der Waals surface area (Å²) in [7, 11) is 0. The van der Waals surface area contributed by atoms with Gasteiger partial charge in [0.05, 0.1) is 11.1 Å². The maximum atomic E-state index is 13.3. The van der Waals surface area contributed by atoms with Gasteiger partial charge in [-0.05, 0) is 24.8 Å². The van der Waals surface area contributed by atoms with Gasteiger partial charge in [-0.15, -0.1) is 0 Å². The average molecular weight is 358 g/mol. The van der Waals surface area contributed by atoms with Crippen LogP contribution in [0, 0.1) is 11.7 Å². The van der Waals surface area contributed by atoms with Crippen LogP contribution in [0.3, 0.4) is 0 Å². The van der Waals surface area contributed by atoms with Crippen LogP contribution in [0.2, 0.25) is 5.02 Å². The molecule has 1 fully saturated rings. The number of hydrogen-bond acceptors (Lipinski definition) is 4. The molecule has 23 heavy (non-hydrogen) atoms. The molecule has 0 aliphatic heterocycles. The summed E-state index contributed by atoms with van der Waals surface area (Å²) in [6.45, 7) is 0. The highest BCUT2D eigenvalue weighted by Crippen LogP contribution is 2.32. The second kappa shape index (κ2) is 7.55. The van der Waals surface area contributed by atoms with Crippen molar-refractivity contribution in [2.24, 2.45) is 11.7 Å². The van der Waals surface area contributed by atoms with Gasteiger partial charge in [0.15, 0.2) is 11.6 Å². The van der Waals surface area contributed by atoms with Crippen molar-refractivity contribution in [1.29, 1.82) is 0 Å². The topological polar surface area (TPSA) is 105 Å². The van der Waals surface area contributed by atoms with E-state index in [1.165, 1.54) is 6.20 Å². The predicted molar refractivity (Wildman–Crippen MR) is 72.2 cm³/mol. The van der Waals surface area contributed by atoms with Crippen LogP contribution in [0.15, 0.2) is 12.3 Å². The molecule has 1 atom stereocenters. The zero-order valence-corrected chi connectivity index (χ0v) is 12.2. The smallest absolute Gasteiger partial charge is 0.475 e. The SMILES string of the molecule is NC(C(=O)Nc1ncc(Cl)cc1F)C1CC1.O=C(O)C(F)(F)F. The van der Waals surface area contributed by atoms with Crippen molar-refractivity contribution in [3.05, 3.63) is 23.1 Å². The molecule has 1 aliphatic carbocycles. The number of halogens is 5. The van der Waals surface area contributed by atoms with Crippen molar-refractivity contribution in [3.63, 3.8) is 0 Å². The maximum absolute atomic E-state index is 13.3. The molecule has 2 rings (SSSR count). The maximum Gasteiger partial charge on any atom is 0.490 e. The molecule has 0 radical (unpaired) electrons. The number of hydrogen-bond donors (Lipinski definition) is 3. The van der Waals surface area contributed by atoms with E-state index in [2.05, 4.69) is 10.3 Å². The van der Waals surface area contributed by atoms with E-state index >= 15 is 0 Å². The number of amides is 1. The molecule has 1 amide bonds. The first-order valence-electron chi connectivity index (χ1n) is 6.20. The van der Waals surface area contributed by atoms with Crippen molar-refractivity contribution < 1.29 is 32.3 Å². The highest BCUT2D eigenvalue weighted by molar-refractivity contribution is 6.30. The van der Waals surface area contributed by atoms with Gasteiger partial charge in [0.25, 0.3) is 0 Å². The summed E-state index contributed by atoms with van der Waals surface area (Å²) < 4.78 is 45.0. The third-order valence-corrected chi connectivity index (χ3v) is 2.93. The number of pyridine rings is 1. The summed E-state index contributed by atoms with van der Waals surface area (Å²) in [6, 6.07) is 0.504. The molecule has 0 spiro atoms. The number of carbonyl (C=O) groups is 2. The fourth-order valence-corrected chi connectivity index (χ4v) is 1.52. The molecule has 1 aromatic heterocycles. The Morgan fingerprint density at radius 1 is 1.43 bits per heavy atom. The van der Waals surface area contributed by atoms with Crippen molar-refractivity contribution in [1.82, 2.24) is 4.98 Å². The molecule has 0 bridgehead atoms. The number of nitrogens with two attached hydrogens (primary N) is 1. The van der Waals surface area contributed by atoms with Gasteiger partial charge in [-0.3, -0.25) is 4.79 Å². The number of carboxylic acids is 1. The van der Waals surface area contributed by atoms with E-state index in [0.717, 1.165) is 18.9 Å². The normalized spacial score (nSPS) is 15.2. The first-order chi connectivity index (χ1) is 10.5. The molecule has 1 aromatic rings. The molecule has 1 heterocycles. The van der Waals surface area contributed by atoms with Gasteiger partial charge in [-0.1, -0.05) is 11.6 Å². The van der Waals surface area contributed by atoms with Gasteiger partial charge >= 0.3 is 12.1 Å². The Bertz CT molecular complexity index is 593. The van der Waals surface area contributed by atoms with Crippen LogP contribution in [0.4, 0.5) is 23.4 Å². The first-order valence-corrected chi connectivity index (χ1v) is 6.57. The van der Waals surface area contributed by atoms with Crippen LogP contribution in [-0.2, 0) is 9.59 Å². The number of anilines is 1. The number of aliphatic carboxylic acids is 1. The third-order valence-electron chi connectivity index (χ3n) is 2.72. The fourth-order valence-electron chi connectivity index (χ4n) is 1.38. The minimum atomic E-state index is -5.08. The number of nitrogens with one attached hydrogen (secondary N) is 1. The summed E-state index contributed by atoms with van der Waals surface area (Å²) in [4.78, 5) is 24.1. The standard InChI is InChI=1S/C10H11ClFN3O.C2HF3O2/c11-6-3-7(12)9(14-4-6)15-10(16)8(13)5-1-2-5;3-2(4,5)1(6)7/h3-5,8H,1-2,13H2,(H,14,15,16);(H,6,7). The van der Waals surface area contributed by atoms with E-state index in [1.807, 2.05) is 0 Å². The summed E-state index contributed by atoms with van der Waals surface area (Å²) in [6.07, 6.45) is -1.92. The van der Waals surface area contributed by atoms with E-state index in [-0.39, 0.29) is 16.8 Å². The Morgan fingerprint density at radius 2 is 1.96 bits per heavy atom. The molecule has 0 aromatic carbocycles. The molecule has 6 nitrogen and oxygen atoms in total. The molecule has 1 aliphatic rings.